The minimum Gasteiger partial charge on any atom is -0.375 e. The fraction of sp³-hybridized carbons (Fsp3) is 0.333. The third kappa shape index (κ3) is 2.77. The van der Waals surface area contributed by atoms with E-state index in [9.17, 15) is 10.1 Å². The first-order chi connectivity index (χ1) is 8.18. The molecular formula is C12H13ClN2O2. The Labute approximate surface area is 104 Å². The molecule has 2 rings (SSSR count). The molecule has 1 unspecified atom stereocenters. The largest absolute Gasteiger partial charge is 0.375 e. The summed E-state index contributed by atoms with van der Waals surface area (Å²) in [5, 5.41) is 14.5. The number of benzene rings is 1. The van der Waals surface area contributed by atoms with Crippen molar-refractivity contribution in [2.24, 2.45) is 0 Å². The lowest BCUT2D eigenvalue weighted by atomic mass is 10.0. The SMILES string of the molecule is O=[N+]([O-])c1cccc(Cl)c1NC1CC=CCC1. The van der Waals surface area contributed by atoms with Gasteiger partial charge in [-0.2, -0.15) is 0 Å². The number of para-hydroxylation sites is 1. The van der Waals surface area contributed by atoms with E-state index in [1.807, 2.05) is 0 Å². The summed E-state index contributed by atoms with van der Waals surface area (Å²) in [6.45, 7) is 0. The number of nitrogens with one attached hydrogen (secondary N) is 1. The Morgan fingerprint density at radius 1 is 1.41 bits per heavy atom. The molecular weight excluding hydrogens is 240 g/mol. The molecule has 4 nitrogen and oxygen atoms in total. The molecule has 1 aromatic carbocycles. The van der Waals surface area contributed by atoms with Gasteiger partial charge in [0.25, 0.3) is 5.69 Å². The Balaban J connectivity index is 2.24. The maximum Gasteiger partial charge on any atom is 0.293 e. The van der Waals surface area contributed by atoms with Crippen LogP contribution in [0.3, 0.4) is 0 Å². The molecule has 0 aliphatic heterocycles. The zero-order chi connectivity index (χ0) is 12.3. The summed E-state index contributed by atoms with van der Waals surface area (Å²) in [6.07, 6.45) is 7.06. The van der Waals surface area contributed by atoms with E-state index in [2.05, 4.69) is 17.5 Å². The van der Waals surface area contributed by atoms with Crippen molar-refractivity contribution < 1.29 is 4.92 Å². The molecule has 0 bridgehead atoms. The Kier molecular flexibility index (Phi) is 3.64. The molecule has 1 aromatic rings. The van der Waals surface area contributed by atoms with Crippen LogP contribution >= 0.6 is 11.6 Å². The second-order valence-corrected chi connectivity index (χ2v) is 4.42. The lowest BCUT2D eigenvalue weighted by molar-refractivity contribution is -0.384. The number of allylic oxidation sites excluding steroid dienone is 1. The van der Waals surface area contributed by atoms with Crippen molar-refractivity contribution in [2.45, 2.75) is 25.3 Å². The molecule has 17 heavy (non-hydrogen) atoms. The van der Waals surface area contributed by atoms with Gasteiger partial charge in [0.15, 0.2) is 0 Å². The van der Waals surface area contributed by atoms with Crippen LogP contribution in [0.4, 0.5) is 11.4 Å². The third-order valence-electron chi connectivity index (χ3n) is 2.81. The molecule has 0 spiro atoms. The Morgan fingerprint density at radius 3 is 2.88 bits per heavy atom. The summed E-state index contributed by atoms with van der Waals surface area (Å²) in [5.41, 5.74) is 0.464. The maximum atomic E-state index is 10.9. The highest BCUT2D eigenvalue weighted by atomic mass is 35.5. The fourth-order valence-electron chi connectivity index (χ4n) is 1.94. The Hall–Kier alpha value is -1.55. The first kappa shape index (κ1) is 11.9. The number of halogens is 1. The van der Waals surface area contributed by atoms with Crippen LogP contribution in [0.25, 0.3) is 0 Å². The summed E-state index contributed by atoms with van der Waals surface area (Å²) < 4.78 is 0. The van der Waals surface area contributed by atoms with Crippen molar-refractivity contribution in [1.29, 1.82) is 0 Å². The number of anilines is 1. The molecule has 1 aliphatic carbocycles. The molecule has 0 amide bonds. The van der Waals surface area contributed by atoms with Gasteiger partial charge in [-0.3, -0.25) is 10.1 Å². The second-order valence-electron chi connectivity index (χ2n) is 4.02. The predicted molar refractivity (Wildman–Crippen MR) is 68.5 cm³/mol. The van der Waals surface area contributed by atoms with Crippen LogP contribution in [0.5, 0.6) is 0 Å². The van der Waals surface area contributed by atoms with Crippen LogP contribution in [0.15, 0.2) is 30.4 Å². The molecule has 0 saturated carbocycles. The molecule has 0 radical (unpaired) electrons. The van der Waals surface area contributed by atoms with Crippen molar-refractivity contribution in [3.8, 4) is 0 Å². The molecule has 90 valence electrons. The summed E-state index contributed by atoms with van der Waals surface area (Å²) in [4.78, 5) is 10.5. The van der Waals surface area contributed by atoms with Crippen molar-refractivity contribution >= 4 is 23.0 Å². The topological polar surface area (TPSA) is 55.2 Å². The van der Waals surface area contributed by atoms with Gasteiger partial charge in [0.1, 0.15) is 5.69 Å². The van der Waals surface area contributed by atoms with E-state index in [-0.39, 0.29) is 11.7 Å². The first-order valence-electron chi connectivity index (χ1n) is 5.53. The summed E-state index contributed by atoms with van der Waals surface area (Å²) >= 11 is 6.01. The van der Waals surface area contributed by atoms with E-state index >= 15 is 0 Å². The van der Waals surface area contributed by atoms with Crippen LogP contribution in [0.2, 0.25) is 5.02 Å². The van der Waals surface area contributed by atoms with E-state index in [0.29, 0.717) is 10.7 Å². The standard InChI is InChI=1S/C12H13ClN2O2/c13-10-7-4-8-11(15(16)17)12(10)14-9-5-2-1-3-6-9/h1-2,4,7-9,14H,3,5-6H2. The Bertz CT molecular complexity index is 460. The second kappa shape index (κ2) is 5.19. The van der Waals surface area contributed by atoms with Gasteiger partial charge in [0, 0.05) is 12.1 Å². The highest BCUT2D eigenvalue weighted by molar-refractivity contribution is 6.33. The molecule has 0 saturated heterocycles. The average molecular weight is 253 g/mol. The zero-order valence-corrected chi connectivity index (χ0v) is 9.98. The van der Waals surface area contributed by atoms with Gasteiger partial charge < -0.3 is 5.32 Å². The smallest absolute Gasteiger partial charge is 0.293 e. The number of nitro benzene ring substituents is 1. The minimum atomic E-state index is -0.410. The number of nitrogens with zero attached hydrogens (tertiary/aromatic N) is 1. The first-order valence-corrected chi connectivity index (χ1v) is 5.90. The van der Waals surface area contributed by atoms with Crippen LogP contribution in [-0.4, -0.2) is 11.0 Å². The monoisotopic (exact) mass is 252 g/mol. The van der Waals surface area contributed by atoms with E-state index in [1.165, 1.54) is 6.07 Å². The summed E-state index contributed by atoms with van der Waals surface area (Å²) in [5.74, 6) is 0. The highest BCUT2D eigenvalue weighted by Gasteiger charge is 2.19. The zero-order valence-electron chi connectivity index (χ0n) is 9.23. The van der Waals surface area contributed by atoms with Crippen molar-refractivity contribution in [3.63, 3.8) is 0 Å². The van der Waals surface area contributed by atoms with Crippen molar-refractivity contribution in [1.82, 2.24) is 0 Å². The van der Waals surface area contributed by atoms with Gasteiger partial charge in [-0.25, -0.2) is 0 Å². The molecule has 1 atom stereocenters. The van der Waals surface area contributed by atoms with Gasteiger partial charge in [0.05, 0.1) is 9.95 Å². The van der Waals surface area contributed by atoms with Crippen LogP contribution in [-0.2, 0) is 0 Å². The lowest BCUT2D eigenvalue weighted by Gasteiger charge is -2.21. The van der Waals surface area contributed by atoms with Gasteiger partial charge in [-0.1, -0.05) is 29.8 Å². The summed E-state index contributed by atoms with van der Waals surface area (Å²) in [7, 11) is 0. The van der Waals surface area contributed by atoms with E-state index in [1.54, 1.807) is 12.1 Å². The van der Waals surface area contributed by atoms with Crippen LogP contribution in [0.1, 0.15) is 19.3 Å². The number of rotatable bonds is 3. The molecule has 1 N–H and O–H groups in total. The van der Waals surface area contributed by atoms with Crippen molar-refractivity contribution in [2.75, 3.05) is 5.32 Å². The summed E-state index contributed by atoms with van der Waals surface area (Å²) in [6, 6.07) is 4.94. The quantitative estimate of drug-likeness (QED) is 0.506. The third-order valence-corrected chi connectivity index (χ3v) is 3.12. The van der Waals surface area contributed by atoms with Gasteiger partial charge >= 0.3 is 0 Å². The minimum absolute atomic E-state index is 0.0343. The Morgan fingerprint density at radius 2 is 2.24 bits per heavy atom. The number of hydrogen-bond acceptors (Lipinski definition) is 3. The van der Waals surface area contributed by atoms with Crippen LogP contribution < -0.4 is 5.32 Å². The lowest BCUT2D eigenvalue weighted by Crippen LogP contribution is -2.21. The number of hydrogen-bond donors (Lipinski definition) is 1. The highest BCUT2D eigenvalue weighted by Crippen LogP contribution is 2.33. The molecule has 0 aromatic heterocycles. The predicted octanol–water partition coefficient (Wildman–Crippen LogP) is 3.77. The molecule has 0 fully saturated rings. The van der Waals surface area contributed by atoms with Crippen molar-refractivity contribution in [3.05, 3.63) is 45.5 Å². The average Bonchev–Trinajstić information content (AvgIpc) is 2.33. The number of nitro groups is 1. The van der Waals surface area contributed by atoms with Gasteiger partial charge in [-0.15, -0.1) is 0 Å². The molecule has 1 aliphatic rings. The normalized spacial score (nSPS) is 19.0. The van der Waals surface area contributed by atoms with E-state index in [4.69, 9.17) is 11.6 Å². The fourth-order valence-corrected chi connectivity index (χ4v) is 2.16. The van der Waals surface area contributed by atoms with Gasteiger partial charge in [0.2, 0.25) is 0 Å². The molecule has 5 heteroatoms. The molecule has 0 heterocycles. The maximum absolute atomic E-state index is 10.9. The van der Waals surface area contributed by atoms with E-state index in [0.717, 1.165) is 19.3 Å². The van der Waals surface area contributed by atoms with Crippen LogP contribution in [0, 0.1) is 10.1 Å². The van der Waals surface area contributed by atoms with E-state index < -0.39 is 4.92 Å². The van der Waals surface area contributed by atoms with Gasteiger partial charge in [-0.05, 0) is 25.3 Å².